The number of aromatic carboxylic acids is 1. The molecule has 31 heavy (non-hydrogen) atoms. The number of phenols is 1. The maximum Gasteiger partial charge on any atom is 0.339 e. The number of phenolic OH excluding ortho intramolecular Hbond substituents is 1. The molecule has 0 fully saturated rings. The maximum atomic E-state index is 12.2. The van der Waals surface area contributed by atoms with Crippen molar-refractivity contribution in [2.45, 2.75) is 39.5 Å². The number of carbonyl (C=O) groups is 2. The standard InChI is InChI=1S/C23H23N3O4S/c1-13-11-15(12-24-25-21(28)16-7-3-5-9-18(16)27)14(2)26(13)22-20(23(29)30)17-8-4-6-10-19(17)31-22/h3,5,7,9,11-12,27H,4,6,8,10H2,1-2H3,(H,25,28)(H,29,30)/b24-12+. The van der Waals surface area contributed by atoms with Crippen molar-refractivity contribution in [3.8, 4) is 10.8 Å². The van der Waals surface area contributed by atoms with Crippen molar-refractivity contribution < 1.29 is 19.8 Å². The highest BCUT2D eigenvalue weighted by Crippen LogP contribution is 2.38. The molecule has 2 aromatic heterocycles. The summed E-state index contributed by atoms with van der Waals surface area (Å²) in [5, 5.41) is 24.4. The fourth-order valence-corrected chi connectivity index (χ4v) is 5.54. The Balaban J connectivity index is 1.64. The van der Waals surface area contributed by atoms with Crippen LogP contribution in [-0.4, -0.2) is 32.9 Å². The zero-order valence-electron chi connectivity index (χ0n) is 17.3. The lowest BCUT2D eigenvalue weighted by Gasteiger charge is -2.11. The summed E-state index contributed by atoms with van der Waals surface area (Å²) in [6.45, 7) is 3.83. The molecule has 8 heteroatoms. The van der Waals surface area contributed by atoms with E-state index in [4.69, 9.17) is 0 Å². The van der Waals surface area contributed by atoms with E-state index in [1.165, 1.54) is 18.3 Å². The van der Waals surface area contributed by atoms with E-state index in [2.05, 4.69) is 10.5 Å². The predicted octanol–water partition coefficient (Wildman–Crippen LogP) is 4.20. The molecule has 0 aliphatic heterocycles. The van der Waals surface area contributed by atoms with Crippen LogP contribution in [0, 0.1) is 13.8 Å². The fourth-order valence-electron chi connectivity index (χ4n) is 4.05. The van der Waals surface area contributed by atoms with E-state index in [9.17, 15) is 19.8 Å². The van der Waals surface area contributed by atoms with Crippen molar-refractivity contribution >= 4 is 29.4 Å². The average Bonchev–Trinajstić information content (AvgIpc) is 3.24. The molecule has 1 aliphatic rings. The van der Waals surface area contributed by atoms with Crippen molar-refractivity contribution in [2.24, 2.45) is 5.10 Å². The highest BCUT2D eigenvalue weighted by Gasteiger charge is 2.27. The van der Waals surface area contributed by atoms with Crippen molar-refractivity contribution in [3.63, 3.8) is 0 Å². The van der Waals surface area contributed by atoms with E-state index >= 15 is 0 Å². The number of hydrogen-bond donors (Lipinski definition) is 3. The molecular weight excluding hydrogens is 414 g/mol. The summed E-state index contributed by atoms with van der Waals surface area (Å²) >= 11 is 1.55. The monoisotopic (exact) mass is 437 g/mol. The van der Waals surface area contributed by atoms with Gasteiger partial charge in [-0.25, -0.2) is 10.2 Å². The van der Waals surface area contributed by atoms with E-state index in [0.717, 1.165) is 58.1 Å². The van der Waals surface area contributed by atoms with Gasteiger partial charge in [-0.15, -0.1) is 11.3 Å². The molecule has 2 heterocycles. The van der Waals surface area contributed by atoms with Gasteiger partial charge in [0.05, 0.1) is 17.3 Å². The van der Waals surface area contributed by atoms with Crippen LogP contribution < -0.4 is 5.43 Å². The zero-order chi connectivity index (χ0) is 22.1. The smallest absolute Gasteiger partial charge is 0.339 e. The van der Waals surface area contributed by atoms with E-state index in [-0.39, 0.29) is 11.3 Å². The number of nitrogens with zero attached hydrogens (tertiary/aromatic N) is 2. The number of benzene rings is 1. The van der Waals surface area contributed by atoms with Crippen molar-refractivity contribution in [1.29, 1.82) is 0 Å². The van der Waals surface area contributed by atoms with Gasteiger partial charge in [-0.3, -0.25) is 4.79 Å². The molecule has 0 unspecified atom stereocenters. The number of carboxylic acid groups (broad SMARTS) is 1. The van der Waals surface area contributed by atoms with Crippen LogP contribution in [-0.2, 0) is 12.8 Å². The normalized spacial score (nSPS) is 13.4. The van der Waals surface area contributed by atoms with Crippen LogP contribution in [0.15, 0.2) is 35.4 Å². The number of nitrogens with one attached hydrogen (secondary N) is 1. The molecule has 0 radical (unpaired) electrons. The van der Waals surface area contributed by atoms with Gasteiger partial charge in [0.25, 0.3) is 5.91 Å². The molecule has 3 N–H and O–H groups in total. The van der Waals surface area contributed by atoms with Crippen LogP contribution >= 0.6 is 11.3 Å². The van der Waals surface area contributed by atoms with Crippen molar-refractivity contribution in [2.75, 3.05) is 0 Å². The van der Waals surface area contributed by atoms with E-state index in [0.29, 0.717) is 5.56 Å². The topological polar surface area (TPSA) is 104 Å². The Kier molecular flexibility index (Phi) is 5.65. The number of fused-ring (bicyclic) bond motifs is 1. The molecule has 1 aromatic carbocycles. The van der Waals surface area contributed by atoms with Gasteiger partial charge in [0.1, 0.15) is 10.8 Å². The summed E-state index contributed by atoms with van der Waals surface area (Å²) in [6, 6.07) is 8.16. The molecule has 0 saturated heterocycles. The van der Waals surface area contributed by atoms with E-state index < -0.39 is 11.9 Å². The Labute approximate surface area is 183 Å². The molecule has 0 saturated carbocycles. The fraction of sp³-hybridized carbons (Fsp3) is 0.261. The molecule has 3 aromatic rings. The molecule has 1 aliphatic carbocycles. The lowest BCUT2D eigenvalue weighted by Crippen LogP contribution is -2.17. The van der Waals surface area contributed by atoms with E-state index in [1.807, 2.05) is 24.5 Å². The van der Waals surface area contributed by atoms with Gasteiger partial charge in [0.2, 0.25) is 0 Å². The van der Waals surface area contributed by atoms with Crippen molar-refractivity contribution in [3.05, 3.63) is 68.9 Å². The Bertz CT molecular complexity index is 1210. The molecule has 0 spiro atoms. The lowest BCUT2D eigenvalue weighted by atomic mass is 9.95. The number of thiophene rings is 1. The number of aromatic nitrogens is 1. The molecule has 4 rings (SSSR count). The highest BCUT2D eigenvalue weighted by atomic mass is 32.1. The number of aryl methyl sites for hydroxylation is 2. The lowest BCUT2D eigenvalue weighted by molar-refractivity contribution is 0.0695. The minimum atomic E-state index is -0.896. The summed E-state index contributed by atoms with van der Waals surface area (Å²) in [7, 11) is 0. The minimum absolute atomic E-state index is 0.115. The highest BCUT2D eigenvalue weighted by molar-refractivity contribution is 7.15. The predicted molar refractivity (Wildman–Crippen MR) is 120 cm³/mol. The van der Waals surface area contributed by atoms with Crippen LogP contribution in [0.5, 0.6) is 5.75 Å². The number of para-hydroxylation sites is 1. The van der Waals surface area contributed by atoms with Gasteiger partial charge in [-0.05, 0) is 63.3 Å². The third-order valence-electron chi connectivity index (χ3n) is 5.56. The minimum Gasteiger partial charge on any atom is -0.507 e. The summed E-state index contributed by atoms with van der Waals surface area (Å²) < 4.78 is 1.96. The number of hydrazone groups is 1. The molecular formula is C23H23N3O4S. The van der Waals surface area contributed by atoms with Crippen molar-refractivity contribution in [1.82, 2.24) is 9.99 Å². The van der Waals surface area contributed by atoms with E-state index in [1.54, 1.807) is 23.5 Å². The molecule has 0 bridgehead atoms. The number of rotatable bonds is 5. The molecule has 7 nitrogen and oxygen atoms in total. The van der Waals surface area contributed by atoms with Gasteiger partial charge < -0.3 is 14.8 Å². The second-order valence-electron chi connectivity index (χ2n) is 7.57. The number of carboxylic acids is 1. The second kappa shape index (κ2) is 8.39. The quantitative estimate of drug-likeness (QED) is 0.411. The Hall–Kier alpha value is -3.39. The average molecular weight is 438 g/mol. The number of aromatic hydroxyl groups is 1. The SMILES string of the molecule is Cc1cc(/C=N/NC(=O)c2ccccc2O)c(C)n1-c1sc2c(c1C(=O)O)CCCC2. The molecule has 1 amide bonds. The van der Waals surface area contributed by atoms with Crippen LogP contribution in [0.4, 0.5) is 0 Å². The molecule has 160 valence electrons. The van der Waals surface area contributed by atoms with Crippen LogP contribution in [0.1, 0.15) is 60.9 Å². The number of amides is 1. The molecule has 0 atom stereocenters. The third kappa shape index (κ3) is 3.86. The van der Waals surface area contributed by atoms with Gasteiger partial charge in [-0.2, -0.15) is 5.10 Å². The van der Waals surface area contributed by atoms with Crippen LogP contribution in [0.3, 0.4) is 0 Å². The van der Waals surface area contributed by atoms with Gasteiger partial charge in [0, 0.05) is 21.8 Å². The summed E-state index contributed by atoms with van der Waals surface area (Å²) in [5.41, 5.74) is 6.45. The first-order valence-corrected chi connectivity index (χ1v) is 10.9. The zero-order valence-corrected chi connectivity index (χ0v) is 18.1. The van der Waals surface area contributed by atoms with Gasteiger partial charge in [-0.1, -0.05) is 12.1 Å². The van der Waals surface area contributed by atoms with Crippen LogP contribution in [0.25, 0.3) is 5.00 Å². The number of carbonyl (C=O) groups excluding carboxylic acids is 1. The Morgan fingerprint density at radius 1 is 1.19 bits per heavy atom. The maximum absolute atomic E-state index is 12.2. The second-order valence-corrected chi connectivity index (χ2v) is 8.66. The summed E-state index contributed by atoms with van der Waals surface area (Å²) in [4.78, 5) is 25.4. The largest absolute Gasteiger partial charge is 0.507 e. The first-order valence-electron chi connectivity index (χ1n) is 10.1. The first-order chi connectivity index (χ1) is 14.9. The Morgan fingerprint density at radius 3 is 2.68 bits per heavy atom. The Morgan fingerprint density at radius 2 is 1.94 bits per heavy atom. The van der Waals surface area contributed by atoms with Gasteiger partial charge >= 0.3 is 5.97 Å². The number of hydrogen-bond acceptors (Lipinski definition) is 5. The summed E-state index contributed by atoms with van der Waals surface area (Å²) in [6.07, 6.45) is 5.36. The van der Waals surface area contributed by atoms with Crippen LogP contribution in [0.2, 0.25) is 0 Å². The van der Waals surface area contributed by atoms with Gasteiger partial charge in [0.15, 0.2) is 0 Å². The summed E-state index contributed by atoms with van der Waals surface area (Å²) in [5.74, 6) is -1.52. The first kappa shape index (κ1) is 20.9. The third-order valence-corrected chi connectivity index (χ3v) is 6.84.